The van der Waals surface area contributed by atoms with Gasteiger partial charge >= 0.3 is 6.18 Å². The molecule has 0 aliphatic carbocycles. The molecule has 0 radical (unpaired) electrons. The first-order chi connectivity index (χ1) is 20.4. The maximum Gasteiger partial charge on any atom is 0.417 e. The Morgan fingerprint density at radius 2 is 1.77 bits per heavy atom. The molecule has 5 rings (SSSR count). The maximum atomic E-state index is 14.0. The summed E-state index contributed by atoms with van der Waals surface area (Å²) in [7, 11) is -1.42. The first-order valence-corrected chi connectivity index (χ1v) is 17.5. The summed E-state index contributed by atoms with van der Waals surface area (Å²) >= 11 is 1.16. The Morgan fingerprint density at radius 1 is 1.05 bits per heavy atom. The zero-order valence-electron chi connectivity index (χ0n) is 24.7. The minimum Gasteiger partial charge on any atom is -0.390 e. The number of morpholine rings is 1. The average molecular weight is 647 g/mol. The van der Waals surface area contributed by atoms with Gasteiger partial charge in [0, 0.05) is 99.3 Å². The predicted octanol–water partition coefficient (Wildman–Crippen LogP) is 1.92. The van der Waals surface area contributed by atoms with E-state index in [9.17, 15) is 26.7 Å². The van der Waals surface area contributed by atoms with E-state index < -0.39 is 27.9 Å². The predicted molar refractivity (Wildman–Crippen MR) is 160 cm³/mol. The summed E-state index contributed by atoms with van der Waals surface area (Å²) in [6.45, 7) is 8.04. The summed E-state index contributed by atoms with van der Waals surface area (Å²) < 4.78 is 75.4. The van der Waals surface area contributed by atoms with Crippen molar-refractivity contribution in [2.75, 3.05) is 91.2 Å². The average Bonchev–Trinajstić information content (AvgIpc) is 3.31. The Morgan fingerprint density at radius 3 is 2.44 bits per heavy atom. The van der Waals surface area contributed by atoms with Crippen LogP contribution in [0.2, 0.25) is 0 Å². The van der Waals surface area contributed by atoms with E-state index in [0.29, 0.717) is 55.3 Å². The molecule has 2 fully saturated rings. The molecule has 10 nitrogen and oxygen atoms in total. The van der Waals surface area contributed by atoms with E-state index in [1.165, 1.54) is 16.4 Å². The van der Waals surface area contributed by atoms with Gasteiger partial charge in [0.1, 0.15) is 0 Å². The molecule has 43 heavy (non-hydrogen) atoms. The van der Waals surface area contributed by atoms with Crippen molar-refractivity contribution in [1.82, 2.24) is 28.8 Å². The van der Waals surface area contributed by atoms with Gasteiger partial charge in [0.2, 0.25) is 10.0 Å². The number of ether oxygens (including phenoxy) is 1. The fourth-order valence-electron chi connectivity index (χ4n) is 5.85. The van der Waals surface area contributed by atoms with Crippen LogP contribution in [-0.2, 0) is 40.4 Å². The van der Waals surface area contributed by atoms with Crippen LogP contribution in [0.15, 0.2) is 23.1 Å². The van der Waals surface area contributed by atoms with Crippen LogP contribution in [0.5, 0.6) is 0 Å². The molecule has 1 N–H and O–H groups in total. The highest BCUT2D eigenvalue weighted by Crippen LogP contribution is 2.40. The van der Waals surface area contributed by atoms with Crippen LogP contribution in [0.3, 0.4) is 0 Å². The number of rotatable bonds is 10. The second-order valence-corrected chi connectivity index (χ2v) is 14.7. The largest absolute Gasteiger partial charge is 0.417 e. The molecular weight excluding hydrogens is 605 g/mol. The van der Waals surface area contributed by atoms with E-state index in [1.54, 1.807) is 4.68 Å². The molecule has 2 aromatic rings. The summed E-state index contributed by atoms with van der Waals surface area (Å²) in [5, 5.41) is 15.8. The lowest BCUT2D eigenvalue weighted by atomic mass is 10.0. The number of β-amino-alcohol motifs (C(OH)–C–C–N with tert-alkyl or cyclic N) is 1. The third-order valence-electron chi connectivity index (χ3n) is 8.35. The van der Waals surface area contributed by atoms with Crippen molar-refractivity contribution in [3.63, 3.8) is 0 Å². The molecule has 3 aliphatic heterocycles. The molecular formula is C28H41F3N6O4S2. The number of sulfonamides is 1. The molecule has 0 amide bonds. The molecule has 2 saturated heterocycles. The van der Waals surface area contributed by atoms with E-state index in [0.717, 1.165) is 69.0 Å². The van der Waals surface area contributed by atoms with Gasteiger partial charge in [-0.1, -0.05) is 6.07 Å². The SMILES string of the molecule is CN1CCN(CC(O)Cn2nc(-c3ccc(C(F)(F)F)c(SCCN4CCOCC4)c3)c3c2CCN(S(C)(=O)=O)C3)CC1. The van der Waals surface area contributed by atoms with Gasteiger partial charge in [-0.3, -0.25) is 14.5 Å². The minimum absolute atomic E-state index is 0.0819. The third-order valence-corrected chi connectivity index (χ3v) is 10.6. The van der Waals surface area contributed by atoms with Gasteiger partial charge in [0.15, 0.2) is 0 Å². The number of aromatic nitrogens is 2. The summed E-state index contributed by atoms with van der Waals surface area (Å²) in [6, 6.07) is 4.04. The molecule has 0 bridgehead atoms. The molecule has 0 saturated carbocycles. The first-order valence-electron chi connectivity index (χ1n) is 14.7. The van der Waals surface area contributed by atoms with Crippen LogP contribution in [0.1, 0.15) is 16.8 Å². The molecule has 0 spiro atoms. The van der Waals surface area contributed by atoms with Crippen molar-refractivity contribution < 1.29 is 31.4 Å². The van der Waals surface area contributed by atoms with Crippen LogP contribution >= 0.6 is 11.8 Å². The molecule has 1 aromatic heterocycles. The second-order valence-electron chi connectivity index (χ2n) is 11.6. The van der Waals surface area contributed by atoms with Crippen molar-refractivity contribution in [2.45, 2.75) is 36.7 Å². The standard InChI is InChI=1S/C28H41F3N6O4S2/c1-33-7-9-35(10-8-33)18-22(38)19-37-25-5-6-36(43(2,39)40)20-23(25)27(32-37)21-3-4-24(28(29,30)31)26(17-21)42-16-13-34-11-14-41-15-12-34/h3-4,17,22,38H,5-16,18-20H2,1-2H3. The number of likely N-dealkylation sites (N-methyl/N-ethyl adjacent to an activating group) is 1. The van der Waals surface area contributed by atoms with Gasteiger partial charge in [-0.2, -0.15) is 22.6 Å². The fraction of sp³-hybridized carbons (Fsp3) is 0.679. The van der Waals surface area contributed by atoms with E-state index in [4.69, 9.17) is 9.84 Å². The Balaban J connectivity index is 1.42. The lowest BCUT2D eigenvalue weighted by molar-refractivity contribution is -0.139. The fourth-order valence-corrected chi connectivity index (χ4v) is 7.76. The molecule has 1 aromatic carbocycles. The number of hydrogen-bond donors (Lipinski definition) is 1. The molecule has 4 heterocycles. The van der Waals surface area contributed by atoms with Crippen molar-refractivity contribution in [1.29, 1.82) is 0 Å². The maximum absolute atomic E-state index is 14.0. The number of aliphatic hydroxyl groups excluding tert-OH is 1. The second kappa shape index (κ2) is 13.7. The third kappa shape index (κ3) is 8.31. The Bertz CT molecular complexity index is 1360. The Hall–Kier alpha value is -1.72. The normalized spacial score (nSPS) is 20.8. The van der Waals surface area contributed by atoms with Crippen LogP contribution in [0.25, 0.3) is 11.3 Å². The number of aliphatic hydroxyl groups is 1. The number of nitrogens with zero attached hydrogens (tertiary/aromatic N) is 6. The first kappa shape index (κ1) is 32.7. The number of benzene rings is 1. The quantitative estimate of drug-likeness (QED) is 0.389. The zero-order chi connectivity index (χ0) is 30.8. The highest BCUT2D eigenvalue weighted by Gasteiger charge is 2.35. The highest BCUT2D eigenvalue weighted by molar-refractivity contribution is 7.99. The zero-order valence-corrected chi connectivity index (χ0v) is 26.4. The van der Waals surface area contributed by atoms with Crippen LogP contribution in [-0.4, -0.2) is 140 Å². The molecule has 240 valence electrons. The molecule has 1 unspecified atom stereocenters. The number of alkyl halides is 3. The monoisotopic (exact) mass is 646 g/mol. The number of hydrogen-bond acceptors (Lipinski definition) is 9. The summed E-state index contributed by atoms with van der Waals surface area (Å²) in [5.41, 5.74) is 1.75. The van der Waals surface area contributed by atoms with E-state index in [-0.39, 0.29) is 24.5 Å². The summed E-state index contributed by atoms with van der Waals surface area (Å²) in [4.78, 5) is 6.75. The van der Waals surface area contributed by atoms with Crippen molar-refractivity contribution in [2.24, 2.45) is 0 Å². The van der Waals surface area contributed by atoms with Gasteiger partial charge in [-0.05, 0) is 19.2 Å². The van der Waals surface area contributed by atoms with Crippen LogP contribution < -0.4 is 0 Å². The molecule has 15 heteroatoms. The van der Waals surface area contributed by atoms with Crippen LogP contribution in [0.4, 0.5) is 13.2 Å². The number of fused-ring (bicyclic) bond motifs is 1. The van der Waals surface area contributed by atoms with Gasteiger partial charge in [0.05, 0.1) is 43.4 Å². The summed E-state index contributed by atoms with van der Waals surface area (Å²) in [6.07, 6.45) is -3.66. The van der Waals surface area contributed by atoms with Gasteiger partial charge in [-0.15, -0.1) is 11.8 Å². The smallest absolute Gasteiger partial charge is 0.390 e. The van der Waals surface area contributed by atoms with Crippen molar-refractivity contribution in [3.05, 3.63) is 35.0 Å². The molecule has 1 atom stereocenters. The Labute approximate surface area is 255 Å². The highest BCUT2D eigenvalue weighted by atomic mass is 32.2. The van der Waals surface area contributed by atoms with E-state index in [1.807, 2.05) is 0 Å². The number of halogens is 3. The number of thioether (sulfide) groups is 1. The number of piperazine rings is 1. The summed E-state index contributed by atoms with van der Waals surface area (Å²) in [5.74, 6) is 0.486. The lowest BCUT2D eigenvalue weighted by Gasteiger charge is -2.33. The van der Waals surface area contributed by atoms with Crippen molar-refractivity contribution in [3.8, 4) is 11.3 Å². The van der Waals surface area contributed by atoms with E-state index in [2.05, 4.69) is 21.7 Å². The van der Waals surface area contributed by atoms with Crippen molar-refractivity contribution >= 4 is 21.8 Å². The molecule has 3 aliphatic rings. The van der Waals surface area contributed by atoms with Crippen LogP contribution in [0, 0.1) is 0 Å². The van der Waals surface area contributed by atoms with Gasteiger partial charge < -0.3 is 14.7 Å². The minimum atomic E-state index is -4.51. The Kier molecular flexibility index (Phi) is 10.4. The van der Waals surface area contributed by atoms with Gasteiger partial charge in [0.25, 0.3) is 0 Å². The lowest BCUT2D eigenvalue weighted by Crippen LogP contribution is -2.47. The van der Waals surface area contributed by atoms with Gasteiger partial charge in [-0.25, -0.2) is 8.42 Å². The topological polar surface area (TPSA) is 94.4 Å². The van der Waals surface area contributed by atoms with E-state index >= 15 is 0 Å².